The van der Waals surface area contributed by atoms with Gasteiger partial charge in [0.1, 0.15) is 11.6 Å². The molecule has 1 aliphatic rings. The van der Waals surface area contributed by atoms with Crippen molar-refractivity contribution < 1.29 is 9.21 Å². The van der Waals surface area contributed by atoms with E-state index in [-0.39, 0.29) is 17.1 Å². The number of hydrogen-bond donors (Lipinski definition) is 0. The molecule has 0 saturated heterocycles. The van der Waals surface area contributed by atoms with Crippen LogP contribution in [0.4, 0.5) is 0 Å². The predicted molar refractivity (Wildman–Crippen MR) is 90.4 cm³/mol. The van der Waals surface area contributed by atoms with Crippen molar-refractivity contribution in [3.05, 3.63) is 74.4 Å². The molecule has 0 saturated carbocycles. The number of carbonyl (C=O) groups excluding carboxylic acids is 1. The first-order valence-electron chi connectivity index (χ1n) is 7.44. The Kier molecular flexibility index (Phi) is 3.21. The zero-order valence-corrected chi connectivity index (χ0v) is 13.8. The second kappa shape index (κ2) is 5.18. The van der Waals surface area contributed by atoms with Gasteiger partial charge in [-0.25, -0.2) is 0 Å². The van der Waals surface area contributed by atoms with Crippen LogP contribution in [0.5, 0.6) is 0 Å². The molecule has 5 nitrogen and oxygen atoms in total. The van der Waals surface area contributed by atoms with Crippen molar-refractivity contribution in [2.24, 2.45) is 0 Å². The predicted octanol–water partition coefficient (Wildman–Crippen LogP) is 3.32. The summed E-state index contributed by atoms with van der Waals surface area (Å²) in [6, 6.07) is 8.11. The summed E-state index contributed by atoms with van der Waals surface area (Å²) in [4.78, 5) is 31.4. The van der Waals surface area contributed by atoms with Gasteiger partial charge in [0.2, 0.25) is 5.76 Å². The highest BCUT2D eigenvalue weighted by Crippen LogP contribution is 2.36. The molecule has 1 aromatic carbocycles. The van der Waals surface area contributed by atoms with Gasteiger partial charge in [0.05, 0.1) is 16.6 Å². The molecule has 0 radical (unpaired) electrons. The standard InChI is InChI=1S/C18H13ClN2O3/c1-9-7-13-10(8-11(9)19)16(22)14-15(12-5-3-4-6-20-12)21(2)18(23)17(14)24-13/h3-8,15H,1-2H3. The molecule has 24 heavy (non-hydrogen) atoms. The van der Waals surface area contributed by atoms with Crippen molar-refractivity contribution in [2.75, 3.05) is 7.05 Å². The minimum absolute atomic E-state index is 0.0763. The quantitative estimate of drug-likeness (QED) is 0.681. The number of aryl methyl sites for hydroxylation is 1. The zero-order valence-electron chi connectivity index (χ0n) is 13.0. The molecular formula is C18H13ClN2O3. The van der Waals surface area contributed by atoms with E-state index < -0.39 is 6.04 Å². The molecule has 4 rings (SSSR count). The van der Waals surface area contributed by atoms with Gasteiger partial charge in [-0.3, -0.25) is 14.6 Å². The monoisotopic (exact) mass is 340 g/mol. The summed E-state index contributed by atoms with van der Waals surface area (Å²) in [5.74, 6) is -0.250. The average molecular weight is 341 g/mol. The third kappa shape index (κ3) is 1.98. The Hall–Kier alpha value is -2.66. The lowest BCUT2D eigenvalue weighted by molar-refractivity contribution is 0.0769. The second-order valence-electron chi connectivity index (χ2n) is 5.84. The first-order chi connectivity index (χ1) is 11.5. The van der Waals surface area contributed by atoms with Crippen LogP contribution in [0.1, 0.15) is 33.4 Å². The number of carbonyl (C=O) groups is 1. The average Bonchev–Trinajstić information content (AvgIpc) is 2.83. The molecular weight excluding hydrogens is 328 g/mol. The Labute approximate surface area is 142 Å². The highest BCUT2D eigenvalue weighted by atomic mass is 35.5. The summed E-state index contributed by atoms with van der Waals surface area (Å²) >= 11 is 6.15. The Bertz CT molecular complexity index is 1040. The number of halogens is 1. The Balaban J connectivity index is 2.07. The molecule has 0 bridgehead atoms. The molecule has 2 aromatic heterocycles. The van der Waals surface area contributed by atoms with Crippen LogP contribution in [0.3, 0.4) is 0 Å². The van der Waals surface area contributed by atoms with E-state index in [1.807, 2.05) is 13.0 Å². The lowest BCUT2D eigenvalue weighted by Gasteiger charge is -2.18. The summed E-state index contributed by atoms with van der Waals surface area (Å²) < 4.78 is 5.78. The number of pyridine rings is 1. The fourth-order valence-electron chi connectivity index (χ4n) is 3.09. The molecule has 3 heterocycles. The van der Waals surface area contributed by atoms with E-state index in [0.29, 0.717) is 27.2 Å². The van der Waals surface area contributed by atoms with Crippen LogP contribution in [0, 0.1) is 6.92 Å². The third-order valence-electron chi connectivity index (χ3n) is 4.35. The van der Waals surface area contributed by atoms with Crippen molar-refractivity contribution >= 4 is 28.5 Å². The molecule has 1 aliphatic heterocycles. The van der Waals surface area contributed by atoms with Crippen LogP contribution in [-0.2, 0) is 0 Å². The largest absolute Gasteiger partial charge is 0.450 e. The number of fused-ring (bicyclic) bond motifs is 2. The van der Waals surface area contributed by atoms with Gasteiger partial charge in [0, 0.05) is 18.3 Å². The van der Waals surface area contributed by atoms with Crippen LogP contribution in [0.15, 0.2) is 45.7 Å². The van der Waals surface area contributed by atoms with Gasteiger partial charge >= 0.3 is 0 Å². The van der Waals surface area contributed by atoms with Crippen LogP contribution >= 0.6 is 11.6 Å². The van der Waals surface area contributed by atoms with Crippen molar-refractivity contribution in [1.82, 2.24) is 9.88 Å². The number of hydrogen-bond acceptors (Lipinski definition) is 4. The summed E-state index contributed by atoms with van der Waals surface area (Å²) in [5.41, 5.74) is 1.84. The lowest BCUT2D eigenvalue weighted by Crippen LogP contribution is -2.25. The van der Waals surface area contributed by atoms with Crippen LogP contribution < -0.4 is 5.43 Å². The maximum atomic E-state index is 13.0. The second-order valence-corrected chi connectivity index (χ2v) is 6.25. The molecule has 120 valence electrons. The fraction of sp³-hybridized carbons (Fsp3) is 0.167. The SMILES string of the molecule is Cc1cc2oc3c(c(=O)c2cc1Cl)C(c1ccccn1)N(C)C3=O. The zero-order chi connectivity index (χ0) is 17.0. The van der Waals surface area contributed by atoms with Gasteiger partial charge in [-0.1, -0.05) is 17.7 Å². The van der Waals surface area contributed by atoms with E-state index >= 15 is 0 Å². The molecule has 1 atom stereocenters. The molecule has 0 aliphatic carbocycles. The van der Waals surface area contributed by atoms with Gasteiger partial charge in [-0.15, -0.1) is 0 Å². The summed E-state index contributed by atoms with van der Waals surface area (Å²) in [6.45, 7) is 1.82. The van der Waals surface area contributed by atoms with Gasteiger partial charge in [-0.05, 0) is 36.8 Å². The van der Waals surface area contributed by atoms with Crippen molar-refractivity contribution in [2.45, 2.75) is 13.0 Å². The molecule has 0 spiro atoms. The highest BCUT2D eigenvalue weighted by Gasteiger charge is 2.41. The molecule has 6 heteroatoms. The topological polar surface area (TPSA) is 63.4 Å². The first kappa shape index (κ1) is 14.9. The maximum absolute atomic E-state index is 13.0. The first-order valence-corrected chi connectivity index (χ1v) is 7.81. The molecule has 0 N–H and O–H groups in total. The summed E-state index contributed by atoms with van der Waals surface area (Å²) in [6.07, 6.45) is 1.63. The van der Waals surface area contributed by atoms with E-state index in [1.165, 1.54) is 4.90 Å². The van der Waals surface area contributed by atoms with E-state index in [4.69, 9.17) is 16.0 Å². The number of rotatable bonds is 1. The third-order valence-corrected chi connectivity index (χ3v) is 4.76. The van der Waals surface area contributed by atoms with Gasteiger partial charge < -0.3 is 9.32 Å². The number of amides is 1. The van der Waals surface area contributed by atoms with Gasteiger partial charge in [0.25, 0.3) is 5.91 Å². The lowest BCUT2D eigenvalue weighted by atomic mass is 10.0. The highest BCUT2D eigenvalue weighted by molar-refractivity contribution is 6.32. The van der Waals surface area contributed by atoms with Crippen molar-refractivity contribution in [3.8, 4) is 0 Å². The number of benzene rings is 1. The fourth-order valence-corrected chi connectivity index (χ4v) is 3.26. The van der Waals surface area contributed by atoms with Crippen LogP contribution in [0.25, 0.3) is 11.0 Å². The minimum Gasteiger partial charge on any atom is -0.450 e. The van der Waals surface area contributed by atoms with Crippen molar-refractivity contribution in [1.29, 1.82) is 0 Å². The molecule has 1 amide bonds. The Morgan fingerprint density at radius 3 is 2.75 bits per heavy atom. The molecule has 1 unspecified atom stereocenters. The Morgan fingerprint density at radius 2 is 2.04 bits per heavy atom. The molecule has 3 aromatic rings. The van der Waals surface area contributed by atoms with Crippen molar-refractivity contribution in [3.63, 3.8) is 0 Å². The van der Waals surface area contributed by atoms with E-state index in [1.54, 1.807) is 37.5 Å². The summed E-state index contributed by atoms with van der Waals surface area (Å²) in [7, 11) is 1.64. The van der Waals surface area contributed by atoms with Gasteiger partial charge in [0.15, 0.2) is 5.43 Å². The number of nitrogens with zero attached hydrogens (tertiary/aromatic N) is 2. The van der Waals surface area contributed by atoms with E-state index in [9.17, 15) is 9.59 Å². The number of aromatic nitrogens is 1. The normalized spacial score (nSPS) is 16.7. The van der Waals surface area contributed by atoms with E-state index in [2.05, 4.69) is 4.98 Å². The van der Waals surface area contributed by atoms with Crippen LogP contribution in [0.2, 0.25) is 5.02 Å². The molecule has 0 fully saturated rings. The smallest absolute Gasteiger partial charge is 0.290 e. The van der Waals surface area contributed by atoms with E-state index in [0.717, 1.165) is 5.56 Å². The Morgan fingerprint density at radius 1 is 1.25 bits per heavy atom. The summed E-state index contributed by atoms with van der Waals surface area (Å²) in [5, 5.41) is 0.857. The van der Waals surface area contributed by atoms with Crippen LogP contribution in [-0.4, -0.2) is 22.8 Å². The minimum atomic E-state index is -0.561. The van der Waals surface area contributed by atoms with Gasteiger partial charge in [-0.2, -0.15) is 0 Å². The maximum Gasteiger partial charge on any atom is 0.290 e.